The van der Waals surface area contributed by atoms with E-state index in [0.717, 1.165) is 13.0 Å². The Morgan fingerprint density at radius 3 is 2.75 bits per heavy atom. The zero-order chi connectivity index (χ0) is 8.97. The highest BCUT2D eigenvalue weighted by atomic mass is 16.5. The van der Waals surface area contributed by atoms with Gasteiger partial charge in [-0.2, -0.15) is 4.98 Å². The first kappa shape index (κ1) is 9.15. The summed E-state index contributed by atoms with van der Waals surface area (Å²) in [5.41, 5.74) is 5.32. The van der Waals surface area contributed by atoms with Crippen molar-refractivity contribution in [2.45, 2.75) is 13.0 Å². The Morgan fingerprint density at radius 1 is 1.50 bits per heavy atom. The maximum absolute atomic E-state index is 5.32. The molecular formula is C7H14N4O. The molecule has 0 bridgehead atoms. The maximum atomic E-state index is 5.32. The van der Waals surface area contributed by atoms with Crippen LogP contribution in [0.4, 0.5) is 0 Å². The van der Waals surface area contributed by atoms with E-state index in [-0.39, 0.29) is 0 Å². The van der Waals surface area contributed by atoms with Crippen LogP contribution in [0.5, 0.6) is 0 Å². The number of nitrogens with two attached hydrogens (primary N) is 1. The zero-order valence-corrected chi connectivity index (χ0v) is 7.45. The molecule has 0 saturated heterocycles. The van der Waals surface area contributed by atoms with Crippen LogP contribution in [-0.2, 0) is 13.0 Å². The topological polar surface area (TPSA) is 68.2 Å². The van der Waals surface area contributed by atoms with Crippen LogP contribution >= 0.6 is 0 Å². The lowest BCUT2D eigenvalue weighted by atomic mass is 10.4. The van der Waals surface area contributed by atoms with Gasteiger partial charge in [0.05, 0.1) is 6.54 Å². The van der Waals surface area contributed by atoms with Crippen LogP contribution in [0.25, 0.3) is 0 Å². The SMILES string of the molecule is CN(C)CCc1nc(CN)no1. The molecule has 1 aromatic heterocycles. The van der Waals surface area contributed by atoms with Gasteiger partial charge in [0.2, 0.25) is 5.89 Å². The van der Waals surface area contributed by atoms with Crippen molar-refractivity contribution in [1.29, 1.82) is 0 Å². The van der Waals surface area contributed by atoms with Gasteiger partial charge in [-0.3, -0.25) is 0 Å². The van der Waals surface area contributed by atoms with E-state index >= 15 is 0 Å². The Kier molecular flexibility index (Phi) is 3.19. The van der Waals surface area contributed by atoms with Crippen molar-refractivity contribution < 1.29 is 4.52 Å². The maximum Gasteiger partial charge on any atom is 0.227 e. The molecule has 1 rings (SSSR count). The van der Waals surface area contributed by atoms with Gasteiger partial charge in [0.15, 0.2) is 5.82 Å². The van der Waals surface area contributed by atoms with E-state index in [0.29, 0.717) is 18.3 Å². The van der Waals surface area contributed by atoms with Gasteiger partial charge in [-0.05, 0) is 14.1 Å². The summed E-state index contributed by atoms with van der Waals surface area (Å²) in [5.74, 6) is 1.23. The van der Waals surface area contributed by atoms with Gasteiger partial charge in [-0.1, -0.05) is 5.16 Å². The highest BCUT2D eigenvalue weighted by Gasteiger charge is 2.03. The van der Waals surface area contributed by atoms with Gasteiger partial charge < -0.3 is 15.2 Å². The molecule has 1 aromatic rings. The predicted molar refractivity (Wildman–Crippen MR) is 44.4 cm³/mol. The van der Waals surface area contributed by atoms with Crippen LogP contribution in [0.15, 0.2) is 4.52 Å². The molecule has 0 radical (unpaired) electrons. The number of nitrogens with zero attached hydrogens (tertiary/aromatic N) is 3. The fourth-order valence-electron chi connectivity index (χ4n) is 0.794. The Morgan fingerprint density at radius 2 is 2.25 bits per heavy atom. The van der Waals surface area contributed by atoms with Crippen LogP contribution in [-0.4, -0.2) is 35.7 Å². The second-order valence-corrected chi connectivity index (χ2v) is 2.86. The zero-order valence-electron chi connectivity index (χ0n) is 7.45. The van der Waals surface area contributed by atoms with Gasteiger partial charge in [0.25, 0.3) is 0 Å². The van der Waals surface area contributed by atoms with Crippen LogP contribution in [0.2, 0.25) is 0 Å². The molecule has 0 saturated carbocycles. The van der Waals surface area contributed by atoms with Crippen molar-refractivity contribution in [2.24, 2.45) is 5.73 Å². The number of aromatic nitrogens is 2. The standard InChI is InChI=1S/C7H14N4O/c1-11(2)4-3-7-9-6(5-8)10-12-7/h3-5,8H2,1-2H3. The van der Waals surface area contributed by atoms with Gasteiger partial charge in [0.1, 0.15) is 0 Å². The van der Waals surface area contributed by atoms with E-state index in [1.165, 1.54) is 0 Å². The summed E-state index contributed by atoms with van der Waals surface area (Å²) in [7, 11) is 4.00. The monoisotopic (exact) mass is 170 g/mol. The first-order valence-corrected chi connectivity index (χ1v) is 3.88. The minimum atomic E-state index is 0.339. The summed E-state index contributed by atoms with van der Waals surface area (Å²) in [5, 5.41) is 3.68. The number of rotatable bonds is 4. The number of likely N-dealkylation sites (N-methyl/N-ethyl adjacent to an activating group) is 1. The lowest BCUT2D eigenvalue weighted by molar-refractivity contribution is 0.342. The molecule has 12 heavy (non-hydrogen) atoms. The summed E-state index contributed by atoms with van der Waals surface area (Å²) < 4.78 is 4.94. The van der Waals surface area contributed by atoms with Gasteiger partial charge >= 0.3 is 0 Å². The Bertz CT molecular complexity index is 233. The normalized spacial score (nSPS) is 11.0. The minimum Gasteiger partial charge on any atom is -0.339 e. The summed E-state index contributed by atoms with van der Waals surface area (Å²) in [6.45, 7) is 1.25. The first-order valence-electron chi connectivity index (χ1n) is 3.88. The van der Waals surface area contributed by atoms with E-state index in [1.54, 1.807) is 0 Å². The smallest absolute Gasteiger partial charge is 0.227 e. The van der Waals surface area contributed by atoms with E-state index in [1.807, 2.05) is 14.1 Å². The third-order valence-electron chi connectivity index (χ3n) is 1.47. The summed E-state index contributed by atoms with van der Waals surface area (Å²) in [6, 6.07) is 0. The molecule has 0 spiro atoms. The van der Waals surface area contributed by atoms with E-state index < -0.39 is 0 Å². The van der Waals surface area contributed by atoms with Crippen molar-refractivity contribution in [3.05, 3.63) is 11.7 Å². The van der Waals surface area contributed by atoms with Crippen LogP contribution < -0.4 is 5.73 Å². The molecule has 1 heterocycles. The van der Waals surface area contributed by atoms with E-state index in [4.69, 9.17) is 10.3 Å². The number of hydrogen-bond acceptors (Lipinski definition) is 5. The molecule has 2 N–H and O–H groups in total. The molecule has 0 atom stereocenters. The Labute approximate surface area is 71.5 Å². The highest BCUT2D eigenvalue weighted by molar-refractivity contribution is 4.85. The van der Waals surface area contributed by atoms with E-state index in [9.17, 15) is 0 Å². The lowest BCUT2D eigenvalue weighted by Gasteiger charge is -2.05. The van der Waals surface area contributed by atoms with Crippen molar-refractivity contribution in [2.75, 3.05) is 20.6 Å². The summed E-state index contributed by atoms with van der Waals surface area (Å²) in [6.07, 6.45) is 0.778. The molecule has 0 amide bonds. The van der Waals surface area contributed by atoms with Crippen LogP contribution in [0, 0.1) is 0 Å². The predicted octanol–water partition coefficient (Wildman–Crippen LogP) is -0.368. The van der Waals surface area contributed by atoms with Gasteiger partial charge in [-0.25, -0.2) is 0 Å². The van der Waals surface area contributed by atoms with Gasteiger partial charge in [0, 0.05) is 13.0 Å². The largest absolute Gasteiger partial charge is 0.339 e. The fraction of sp³-hybridized carbons (Fsp3) is 0.714. The molecule has 0 aliphatic carbocycles. The Hall–Kier alpha value is -0.940. The highest BCUT2D eigenvalue weighted by Crippen LogP contribution is 1.97. The fourth-order valence-corrected chi connectivity index (χ4v) is 0.794. The molecule has 5 heteroatoms. The third-order valence-corrected chi connectivity index (χ3v) is 1.47. The number of hydrogen-bond donors (Lipinski definition) is 1. The summed E-state index contributed by atoms with van der Waals surface area (Å²) >= 11 is 0. The molecule has 0 aliphatic rings. The summed E-state index contributed by atoms with van der Waals surface area (Å²) in [4.78, 5) is 6.13. The minimum absolute atomic E-state index is 0.339. The van der Waals surface area contributed by atoms with Crippen molar-refractivity contribution in [3.63, 3.8) is 0 Å². The molecule has 0 unspecified atom stereocenters. The average Bonchev–Trinajstić information content (AvgIpc) is 2.48. The molecule has 0 aromatic carbocycles. The molecule has 5 nitrogen and oxygen atoms in total. The second kappa shape index (κ2) is 4.18. The van der Waals surface area contributed by atoms with Gasteiger partial charge in [-0.15, -0.1) is 0 Å². The first-order chi connectivity index (χ1) is 5.72. The lowest BCUT2D eigenvalue weighted by Crippen LogP contribution is -2.15. The quantitative estimate of drug-likeness (QED) is 0.668. The molecule has 0 aliphatic heterocycles. The van der Waals surface area contributed by atoms with Crippen LogP contribution in [0.3, 0.4) is 0 Å². The van der Waals surface area contributed by atoms with Crippen molar-refractivity contribution in [1.82, 2.24) is 15.0 Å². The molecule has 68 valence electrons. The molecular weight excluding hydrogens is 156 g/mol. The Balaban J connectivity index is 2.41. The van der Waals surface area contributed by atoms with Crippen LogP contribution in [0.1, 0.15) is 11.7 Å². The van der Waals surface area contributed by atoms with Crippen molar-refractivity contribution in [3.8, 4) is 0 Å². The van der Waals surface area contributed by atoms with Crippen molar-refractivity contribution >= 4 is 0 Å². The second-order valence-electron chi connectivity index (χ2n) is 2.86. The average molecular weight is 170 g/mol. The van der Waals surface area contributed by atoms with E-state index in [2.05, 4.69) is 15.0 Å². The third kappa shape index (κ3) is 2.60. The molecule has 0 fully saturated rings.